The minimum Gasteiger partial charge on any atom is -0.480 e. The number of benzene rings is 3. The van der Waals surface area contributed by atoms with Crippen molar-refractivity contribution in [3.05, 3.63) is 110 Å². The zero-order valence-electron chi connectivity index (χ0n) is 22.3. The molecule has 1 amide bonds. The molecule has 0 spiro atoms. The van der Waals surface area contributed by atoms with Crippen LogP contribution >= 0.6 is 39.1 Å². The average molecular weight is 680 g/mol. The number of amides is 1. The van der Waals surface area contributed by atoms with Gasteiger partial charge in [-0.25, -0.2) is 13.2 Å². The van der Waals surface area contributed by atoms with Crippen LogP contribution in [0.3, 0.4) is 0 Å². The molecule has 0 saturated carbocycles. The molecule has 1 heterocycles. The van der Waals surface area contributed by atoms with Crippen LogP contribution in [0, 0.1) is 5.92 Å². The minimum atomic E-state index is -4.25. The molecule has 2 N–H and O–H groups in total. The molecule has 0 fully saturated rings. The van der Waals surface area contributed by atoms with E-state index >= 15 is 0 Å². The predicted octanol–water partition coefficient (Wildman–Crippen LogP) is 7.17. The van der Waals surface area contributed by atoms with Crippen molar-refractivity contribution < 1.29 is 23.1 Å². The lowest BCUT2D eigenvalue weighted by atomic mass is 9.88. The molecule has 0 aliphatic carbocycles. The van der Waals surface area contributed by atoms with Crippen LogP contribution in [-0.4, -0.2) is 35.7 Å². The summed E-state index contributed by atoms with van der Waals surface area (Å²) in [6, 6.07) is 16.9. The first-order valence-corrected chi connectivity index (χ1v) is 15.9. The zero-order chi connectivity index (χ0) is 29.9. The van der Waals surface area contributed by atoms with Gasteiger partial charge in [-0.15, -0.1) is 0 Å². The molecule has 0 radical (unpaired) electrons. The number of hydrogen-bond donors (Lipinski definition) is 2. The second-order valence-electron chi connectivity index (χ2n) is 10.2. The highest BCUT2D eigenvalue weighted by atomic mass is 79.9. The highest BCUT2D eigenvalue weighted by molar-refractivity contribution is 9.10. The molecule has 3 atom stereocenters. The summed E-state index contributed by atoms with van der Waals surface area (Å²) < 4.78 is 31.0. The van der Waals surface area contributed by atoms with Gasteiger partial charge in [0.1, 0.15) is 6.04 Å². The summed E-state index contributed by atoms with van der Waals surface area (Å²) in [7, 11) is -4.25. The maximum atomic E-state index is 14.5. The van der Waals surface area contributed by atoms with Crippen molar-refractivity contribution in [2.75, 3.05) is 0 Å². The monoisotopic (exact) mass is 678 g/mol. The first-order valence-electron chi connectivity index (χ1n) is 12.9. The number of nitrogens with zero attached hydrogens (tertiary/aromatic N) is 1. The third kappa shape index (κ3) is 7.21. The molecule has 3 aromatic rings. The fourth-order valence-electron chi connectivity index (χ4n) is 4.96. The van der Waals surface area contributed by atoms with Crippen LogP contribution in [-0.2, 0) is 19.6 Å². The number of sulfonamides is 1. The molecule has 1 aliphatic rings. The topological polar surface area (TPSA) is 104 Å². The number of hydrogen-bond acceptors (Lipinski definition) is 4. The summed E-state index contributed by atoms with van der Waals surface area (Å²) in [6.45, 7) is 3.72. The summed E-state index contributed by atoms with van der Waals surface area (Å²) in [5.74, 6) is -1.82. The Morgan fingerprint density at radius 2 is 1.66 bits per heavy atom. The number of nitrogens with one attached hydrogen (secondary N) is 1. The fourth-order valence-corrected chi connectivity index (χ4v) is 7.48. The second-order valence-corrected chi connectivity index (χ2v) is 13.8. The van der Waals surface area contributed by atoms with E-state index in [0.717, 1.165) is 4.47 Å². The fraction of sp³-hybridized carbons (Fsp3) is 0.267. The van der Waals surface area contributed by atoms with E-state index in [1.54, 1.807) is 30.3 Å². The molecule has 3 aromatic carbocycles. The lowest BCUT2D eigenvalue weighted by molar-refractivity contribution is -0.141. The smallest absolute Gasteiger partial charge is 0.326 e. The minimum absolute atomic E-state index is 0.00111. The SMILES string of the molecule is CC(C)C[C@H](NC(=O)C1=CC[C@@H](c2cccc(Br)c2)N(S(=O)(=O)c2ccc(Cl)cc2)[C@H]1c1cccc(Cl)c1)C(=O)O. The second kappa shape index (κ2) is 13.1. The Kier molecular flexibility index (Phi) is 9.97. The van der Waals surface area contributed by atoms with Crippen molar-refractivity contribution in [3.8, 4) is 0 Å². The number of rotatable bonds is 9. The molecular formula is C30H29BrCl2N2O5S. The molecule has 216 valence electrons. The first kappa shape index (κ1) is 31.3. The number of aliphatic carboxylic acids is 1. The van der Waals surface area contributed by atoms with E-state index in [1.165, 1.54) is 28.6 Å². The van der Waals surface area contributed by atoms with Gasteiger partial charge in [-0.2, -0.15) is 4.31 Å². The maximum Gasteiger partial charge on any atom is 0.326 e. The molecule has 0 saturated heterocycles. The Morgan fingerprint density at radius 1 is 1.00 bits per heavy atom. The van der Waals surface area contributed by atoms with Gasteiger partial charge < -0.3 is 10.4 Å². The van der Waals surface area contributed by atoms with Gasteiger partial charge in [-0.1, -0.05) is 83.3 Å². The highest BCUT2D eigenvalue weighted by Crippen LogP contribution is 2.46. The Labute approximate surface area is 258 Å². The summed E-state index contributed by atoms with van der Waals surface area (Å²) in [5.41, 5.74) is 1.29. The van der Waals surface area contributed by atoms with Crippen LogP contribution in [0.4, 0.5) is 0 Å². The average Bonchev–Trinajstić information content (AvgIpc) is 2.91. The van der Waals surface area contributed by atoms with Crippen molar-refractivity contribution in [3.63, 3.8) is 0 Å². The molecule has 11 heteroatoms. The van der Waals surface area contributed by atoms with Crippen molar-refractivity contribution in [1.82, 2.24) is 9.62 Å². The van der Waals surface area contributed by atoms with E-state index in [0.29, 0.717) is 21.2 Å². The summed E-state index contributed by atoms with van der Waals surface area (Å²) in [4.78, 5) is 25.8. The van der Waals surface area contributed by atoms with Gasteiger partial charge in [0, 0.05) is 20.1 Å². The quantitative estimate of drug-likeness (QED) is 0.250. The predicted molar refractivity (Wildman–Crippen MR) is 163 cm³/mol. The largest absolute Gasteiger partial charge is 0.480 e. The van der Waals surface area contributed by atoms with Crippen molar-refractivity contribution in [2.24, 2.45) is 5.92 Å². The van der Waals surface area contributed by atoms with Gasteiger partial charge >= 0.3 is 5.97 Å². The van der Waals surface area contributed by atoms with Gasteiger partial charge in [0.05, 0.1) is 17.0 Å². The summed E-state index contributed by atoms with van der Waals surface area (Å²) >= 11 is 15.9. The maximum absolute atomic E-state index is 14.5. The molecule has 0 unspecified atom stereocenters. The van der Waals surface area contributed by atoms with Crippen LogP contribution in [0.1, 0.15) is 49.9 Å². The van der Waals surface area contributed by atoms with Crippen molar-refractivity contribution in [2.45, 2.75) is 49.7 Å². The normalized spacial score (nSPS) is 18.5. The molecule has 0 bridgehead atoms. The standard InChI is InChI=1S/C30H29BrCl2N2O5S/c1-18(2)15-26(30(37)38)34-29(36)25-13-14-27(19-5-3-7-21(31)16-19)35(28(25)20-6-4-8-23(33)17-20)41(39,40)24-11-9-22(32)10-12-24/h3-13,16-18,26-28H,14-15H2,1-2H3,(H,34,36)(H,37,38)/t26-,27-,28-/m0/s1. The Bertz CT molecular complexity index is 1580. The van der Waals surface area contributed by atoms with Crippen LogP contribution < -0.4 is 5.32 Å². The van der Waals surface area contributed by atoms with E-state index in [2.05, 4.69) is 21.2 Å². The van der Waals surface area contributed by atoms with Crippen LogP contribution in [0.5, 0.6) is 0 Å². The number of halogens is 3. The lowest BCUT2D eigenvalue weighted by Crippen LogP contribution is -2.47. The molecule has 0 aromatic heterocycles. The first-order chi connectivity index (χ1) is 19.4. The van der Waals surface area contributed by atoms with Crippen LogP contribution in [0.15, 0.2) is 93.8 Å². The van der Waals surface area contributed by atoms with E-state index in [4.69, 9.17) is 23.2 Å². The Balaban J connectivity index is 1.93. The van der Waals surface area contributed by atoms with E-state index in [-0.39, 0.29) is 29.2 Å². The van der Waals surface area contributed by atoms with E-state index in [9.17, 15) is 23.1 Å². The highest BCUT2D eigenvalue weighted by Gasteiger charge is 2.45. The summed E-state index contributed by atoms with van der Waals surface area (Å²) in [5, 5.41) is 13.2. The van der Waals surface area contributed by atoms with Crippen LogP contribution in [0.2, 0.25) is 10.0 Å². The van der Waals surface area contributed by atoms with Gasteiger partial charge in [-0.05, 0) is 78.4 Å². The number of carboxylic acids is 1. The van der Waals surface area contributed by atoms with Gasteiger partial charge in [0.2, 0.25) is 15.9 Å². The zero-order valence-corrected chi connectivity index (χ0v) is 26.2. The third-order valence-corrected chi connectivity index (χ3v) is 9.65. The summed E-state index contributed by atoms with van der Waals surface area (Å²) in [6.07, 6.45) is 2.07. The van der Waals surface area contributed by atoms with Crippen molar-refractivity contribution in [1.29, 1.82) is 0 Å². The number of carbonyl (C=O) groups is 2. The van der Waals surface area contributed by atoms with Crippen LogP contribution in [0.25, 0.3) is 0 Å². The van der Waals surface area contributed by atoms with Gasteiger partial charge in [0.15, 0.2) is 0 Å². The number of carbonyl (C=O) groups excluding carboxylic acids is 1. The third-order valence-electron chi connectivity index (χ3n) is 6.78. The van der Waals surface area contributed by atoms with Crippen molar-refractivity contribution >= 4 is 61.0 Å². The lowest BCUT2D eigenvalue weighted by Gasteiger charge is -2.41. The number of carboxylic acid groups (broad SMARTS) is 1. The van der Waals surface area contributed by atoms with Gasteiger partial charge in [0.25, 0.3) is 0 Å². The van der Waals surface area contributed by atoms with Gasteiger partial charge in [-0.3, -0.25) is 4.79 Å². The Hall–Kier alpha value is -2.69. The molecule has 41 heavy (non-hydrogen) atoms. The molecular weight excluding hydrogens is 651 g/mol. The molecule has 7 nitrogen and oxygen atoms in total. The molecule has 1 aliphatic heterocycles. The van der Waals surface area contributed by atoms with E-state index < -0.39 is 40.0 Å². The Morgan fingerprint density at radius 3 is 2.27 bits per heavy atom. The van der Waals surface area contributed by atoms with E-state index in [1.807, 2.05) is 38.1 Å². The molecule has 4 rings (SSSR count).